The first-order chi connectivity index (χ1) is 9.83. The molecule has 0 radical (unpaired) electrons. The Kier molecular flexibility index (Phi) is 2.68. The molecule has 1 unspecified atom stereocenters. The van der Waals surface area contributed by atoms with Crippen LogP contribution in [-0.4, -0.2) is 0 Å². The van der Waals surface area contributed by atoms with Crippen LogP contribution in [0.2, 0.25) is 5.02 Å². The molecule has 1 N–H and O–H groups in total. The molecule has 4 rings (SSSR count). The molecule has 0 fully saturated rings. The highest BCUT2D eigenvalue weighted by molar-refractivity contribution is 6.31. The summed E-state index contributed by atoms with van der Waals surface area (Å²) < 4.78 is 0. The Morgan fingerprint density at radius 3 is 2.60 bits per heavy atom. The van der Waals surface area contributed by atoms with E-state index in [0.29, 0.717) is 6.04 Å². The van der Waals surface area contributed by atoms with Gasteiger partial charge in [-0.2, -0.15) is 0 Å². The summed E-state index contributed by atoms with van der Waals surface area (Å²) in [5.74, 6) is 0. The van der Waals surface area contributed by atoms with E-state index in [2.05, 4.69) is 53.8 Å². The fourth-order valence-electron chi connectivity index (χ4n) is 3.09. The summed E-state index contributed by atoms with van der Waals surface area (Å²) in [5, 5.41) is 7.06. The minimum atomic E-state index is 0.302. The fourth-order valence-corrected chi connectivity index (χ4v) is 3.34. The van der Waals surface area contributed by atoms with E-state index < -0.39 is 0 Å². The molecule has 0 aliphatic carbocycles. The largest absolute Gasteiger partial charge is 0.378 e. The van der Waals surface area contributed by atoms with Gasteiger partial charge in [-0.1, -0.05) is 60.1 Å². The first-order valence-corrected chi connectivity index (χ1v) is 7.22. The van der Waals surface area contributed by atoms with Crippen LogP contribution in [0.15, 0.2) is 60.7 Å². The molecule has 3 aromatic carbocycles. The molecule has 0 bridgehead atoms. The zero-order valence-electron chi connectivity index (χ0n) is 10.9. The lowest BCUT2D eigenvalue weighted by Gasteiger charge is -2.14. The molecule has 1 nitrogen and oxygen atoms in total. The lowest BCUT2D eigenvalue weighted by Crippen LogP contribution is -2.06. The van der Waals surface area contributed by atoms with Gasteiger partial charge < -0.3 is 5.32 Å². The summed E-state index contributed by atoms with van der Waals surface area (Å²) >= 11 is 6.30. The van der Waals surface area contributed by atoms with Crippen LogP contribution in [0.1, 0.15) is 17.2 Å². The van der Waals surface area contributed by atoms with E-state index in [1.807, 2.05) is 12.1 Å². The Morgan fingerprint density at radius 1 is 0.900 bits per heavy atom. The molecule has 1 atom stereocenters. The maximum absolute atomic E-state index is 6.30. The predicted molar refractivity (Wildman–Crippen MR) is 85.5 cm³/mol. The summed E-state index contributed by atoms with van der Waals surface area (Å²) in [6, 6.07) is 21.4. The summed E-state index contributed by atoms with van der Waals surface area (Å²) in [6.07, 6.45) is 0.947. The van der Waals surface area contributed by atoms with Crippen molar-refractivity contribution < 1.29 is 0 Å². The molecular formula is C18H14ClN. The standard InChI is InChI=1S/C18H14ClN/c19-16-9-4-10-17-15(16)11-18(20-17)14-8-3-6-12-5-1-2-7-13(12)14/h1-10,18,20H,11H2. The van der Waals surface area contributed by atoms with Gasteiger partial charge in [0.1, 0.15) is 0 Å². The maximum atomic E-state index is 6.30. The normalized spacial score (nSPS) is 16.9. The summed E-state index contributed by atoms with van der Waals surface area (Å²) in [4.78, 5) is 0. The molecule has 0 aromatic heterocycles. The van der Waals surface area contributed by atoms with Gasteiger partial charge in [0.2, 0.25) is 0 Å². The molecule has 1 aliphatic rings. The van der Waals surface area contributed by atoms with Gasteiger partial charge in [0.25, 0.3) is 0 Å². The van der Waals surface area contributed by atoms with E-state index in [1.165, 1.54) is 21.9 Å². The average Bonchev–Trinajstić information content (AvgIpc) is 2.92. The van der Waals surface area contributed by atoms with Crippen LogP contribution < -0.4 is 5.32 Å². The highest BCUT2D eigenvalue weighted by atomic mass is 35.5. The molecule has 0 amide bonds. The lowest BCUT2D eigenvalue weighted by molar-refractivity contribution is 0.832. The van der Waals surface area contributed by atoms with Gasteiger partial charge in [-0.15, -0.1) is 0 Å². The van der Waals surface area contributed by atoms with Crippen LogP contribution in [0.5, 0.6) is 0 Å². The summed E-state index contributed by atoms with van der Waals surface area (Å²) in [6.45, 7) is 0. The molecule has 0 spiro atoms. The average molecular weight is 280 g/mol. The van der Waals surface area contributed by atoms with Crippen LogP contribution in [0.25, 0.3) is 10.8 Å². The van der Waals surface area contributed by atoms with Crippen LogP contribution in [0.4, 0.5) is 5.69 Å². The Morgan fingerprint density at radius 2 is 1.70 bits per heavy atom. The quantitative estimate of drug-likeness (QED) is 0.645. The molecule has 1 heterocycles. The fraction of sp³-hybridized carbons (Fsp3) is 0.111. The first kappa shape index (κ1) is 11.8. The van der Waals surface area contributed by atoms with Crippen molar-refractivity contribution in [2.45, 2.75) is 12.5 Å². The maximum Gasteiger partial charge on any atom is 0.0561 e. The second-order valence-electron chi connectivity index (χ2n) is 5.24. The third-order valence-corrected chi connectivity index (χ3v) is 4.41. The smallest absolute Gasteiger partial charge is 0.0561 e. The van der Waals surface area contributed by atoms with Crippen molar-refractivity contribution >= 4 is 28.1 Å². The summed E-state index contributed by atoms with van der Waals surface area (Å²) in [7, 11) is 0. The van der Waals surface area contributed by atoms with Gasteiger partial charge >= 0.3 is 0 Å². The highest BCUT2D eigenvalue weighted by Crippen LogP contribution is 2.39. The van der Waals surface area contributed by atoms with Gasteiger partial charge in [-0.05, 0) is 34.0 Å². The van der Waals surface area contributed by atoms with Gasteiger partial charge in [-0.25, -0.2) is 0 Å². The number of rotatable bonds is 1. The molecule has 0 saturated carbocycles. The zero-order chi connectivity index (χ0) is 13.5. The minimum Gasteiger partial charge on any atom is -0.378 e. The number of nitrogens with one attached hydrogen (secondary N) is 1. The molecular weight excluding hydrogens is 266 g/mol. The molecule has 0 saturated heterocycles. The first-order valence-electron chi connectivity index (χ1n) is 6.84. The number of fused-ring (bicyclic) bond motifs is 2. The molecule has 98 valence electrons. The Balaban J connectivity index is 1.81. The number of benzene rings is 3. The van der Waals surface area contributed by atoms with Crippen LogP contribution in [-0.2, 0) is 6.42 Å². The van der Waals surface area contributed by atoms with Gasteiger partial charge in [0.05, 0.1) is 6.04 Å². The van der Waals surface area contributed by atoms with Gasteiger partial charge in [0.15, 0.2) is 0 Å². The molecule has 1 aliphatic heterocycles. The van der Waals surface area contributed by atoms with Crippen LogP contribution >= 0.6 is 11.6 Å². The Hall–Kier alpha value is -1.99. The Labute approximate surface area is 123 Å². The van der Waals surface area contributed by atoms with E-state index in [1.54, 1.807) is 0 Å². The predicted octanol–water partition coefficient (Wildman–Crippen LogP) is 5.20. The number of halogens is 1. The highest BCUT2D eigenvalue weighted by Gasteiger charge is 2.24. The lowest BCUT2D eigenvalue weighted by atomic mass is 9.97. The van der Waals surface area contributed by atoms with Gasteiger partial charge in [0, 0.05) is 17.1 Å². The molecule has 3 aromatic rings. The van der Waals surface area contributed by atoms with Crippen molar-refractivity contribution in [3.63, 3.8) is 0 Å². The van der Waals surface area contributed by atoms with E-state index in [4.69, 9.17) is 11.6 Å². The van der Waals surface area contributed by atoms with Crippen molar-refractivity contribution in [1.29, 1.82) is 0 Å². The van der Waals surface area contributed by atoms with Gasteiger partial charge in [-0.3, -0.25) is 0 Å². The SMILES string of the molecule is Clc1cccc2c1CC(c1cccc3ccccc13)N2. The third-order valence-electron chi connectivity index (χ3n) is 4.06. The van der Waals surface area contributed by atoms with Crippen LogP contribution in [0.3, 0.4) is 0 Å². The summed E-state index contributed by atoms with van der Waals surface area (Å²) in [5.41, 5.74) is 3.73. The van der Waals surface area contributed by atoms with Crippen molar-refractivity contribution in [2.75, 3.05) is 5.32 Å². The zero-order valence-corrected chi connectivity index (χ0v) is 11.7. The van der Waals surface area contributed by atoms with E-state index >= 15 is 0 Å². The van der Waals surface area contributed by atoms with E-state index in [0.717, 1.165) is 17.1 Å². The molecule has 2 heteroatoms. The van der Waals surface area contributed by atoms with E-state index in [9.17, 15) is 0 Å². The minimum absolute atomic E-state index is 0.302. The van der Waals surface area contributed by atoms with Crippen molar-refractivity contribution in [3.05, 3.63) is 76.8 Å². The number of hydrogen-bond acceptors (Lipinski definition) is 1. The monoisotopic (exact) mass is 279 g/mol. The van der Waals surface area contributed by atoms with Crippen molar-refractivity contribution in [3.8, 4) is 0 Å². The molecule has 20 heavy (non-hydrogen) atoms. The third kappa shape index (κ3) is 1.78. The topological polar surface area (TPSA) is 12.0 Å². The number of anilines is 1. The van der Waals surface area contributed by atoms with Crippen molar-refractivity contribution in [1.82, 2.24) is 0 Å². The second kappa shape index (κ2) is 4.53. The second-order valence-corrected chi connectivity index (χ2v) is 5.64. The Bertz CT molecular complexity index is 789. The number of hydrogen-bond donors (Lipinski definition) is 1. The van der Waals surface area contributed by atoms with Crippen molar-refractivity contribution in [2.24, 2.45) is 0 Å². The van der Waals surface area contributed by atoms with Crippen LogP contribution in [0, 0.1) is 0 Å². The van der Waals surface area contributed by atoms with E-state index in [-0.39, 0.29) is 0 Å².